The van der Waals surface area contributed by atoms with Crippen molar-refractivity contribution in [3.05, 3.63) is 81.5 Å². The summed E-state index contributed by atoms with van der Waals surface area (Å²) in [5.74, 6) is -1.83. The predicted molar refractivity (Wildman–Crippen MR) is 168 cm³/mol. The van der Waals surface area contributed by atoms with Gasteiger partial charge in [-0.3, -0.25) is 0 Å². The lowest BCUT2D eigenvalue weighted by atomic mass is 10.2. The number of rotatable bonds is 5. The Bertz CT molecular complexity index is 1910. The van der Waals surface area contributed by atoms with Gasteiger partial charge in [0, 0.05) is 54.2 Å². The van der Waals surface area contributed by atoms with Crippen molar-refractivity contribution < 1.29 is 22.3 Å². The fourth-order valence-corrected chi connectivity index (χ4v) is 5.03. The normalized spacial score (nSPS) is 14.6. The van der Waals surface area contributed by atoms with Gasteiger partial charge in [0.2, 0.25) is 5.88 Å². The van der Waals surface area contributed by atoms with E-state index >= 15 is 0 Å². The molecule has 0 amide bonds. The van der Waals surface area contributed by atoms with E-state index < -0.39 is 17.5 Å². The molecule has 4 aromatic heterocycles. The van der Waals surface area contributed by atoms with Crippen LogP contribution in [0.15, 0.2) is 42.9 Å². The Kier molecular flexibility index (Phi) is 9.59. The Morgan fingerprint density at radius 3 is 2.33 bits per heavy atom. The second kappa shape index (κ2) is 13.6. The van der Waals surface area contributed by atoms with Crippen LogP contribution in [0.1, 0.15) is 25.2 Å². The van der Waals surface area contributed by atoms with Crippen LogP contribution in [-0.2, 0) is 0 Å². The van der Waals surface area contributed by atoms with Crippen LogP contribution in [0.4, 0.5) is 34.9 Å². The maximum atomic E-state index is 14.9. The minimum Gasteiger partial charge on any atom is -0.434 e. The first-order chi connectivity index (χ1) is 21.5. The lowest BCUT2D eigenvalue weighted by Gasteiger charge is -2.29. The summed E-state index contributed by atoms with van der Waals surface area (Å²) in [6.45, 7) is 9.78. The van der Waals surface area contributed by atoms with Crippen LogP contribution in [0.3, 0.4) is 0 Å². The number of nitrogens with zero attached hydrogens (tertiary/aromatic N) is 4. The minimum atomic E-state index is -0.717. The summed E-state index contributed by atoms with van der Waals surface area (Å²) >= 11 is 6.40. The second-order valence-electron chi connectivity index (χ2n) is 10.4. The second-order valence-corrected chi connectivity index (χ2v) is 10.8. The fourth-order valence-electron chi connectivity index (χ4n) is 4.85. The first kappa shape index (κ1) is 31.8. The van der Waals surface area contributed by atoms with E-state index in [1.165, 1.54) is 26.2 Å². The van der Waals surface area contributed by atoms with Crippen LogP contribution >= 0.6 is 11.6 Å². The van der Waals surface area contributed by atoms with Crippen molar-refractivity contribution in [2.75, 3.05) is 36.4 Å². The molecule has 4 N–H and O–H groups in total. The van der Waals surface area contributed by atoms with E-state index in [9.17, 15) is 17.6 Å². The number of H-pyrrole nitrogens is 2. The number of benzene rings is 1. The molecule has 0 radical (unpaired) electrons. The number of piperazine rings is 1. The molecule has 0 saturated carbocycles. The average Bonchev–Trinajstić information content (AvgIpc) is 3.62. The Morgan fingerprint density at radius 2 is 1.69 bits per heavy atom. The number of nitrogens with one attached hydrogen (secondary N) is 4. The number of ether oxygens (including phenoxy) is 1. The van der Waals surface area contributed by atoms with Crippen LogP contribution in [0, 0.1) is 25.5 Å². The summed E-state index contributed by atoms with van der Waals surface area (Å²) in [5, 5.41) is 6.97. The number of pyridine rings is 1. The molecule has 14 heteroatoms. The largest absolute Gasteiger partial charge is 0.434 e. The molecule has 0 spiro atoms. The zero-order valence-electron chi connectivity index (χ0n) is 25.0. The Morgan fingerprint density at radius 1 is 0.956 bits per heavy atom. The van der Waals surface area contributed by atoms with Gasteiger partial charge in [0.15, 0.2) is 23.2 Å². The molecular formula is C31H31ClF4N8O. The van der Waals surface area contributed by atoms with E-state index in [2.05, 4.69) is 40.5 Å². The molecule has 9 nitrogen and oxygen atoms in total. The van der Waals surface area contributed by atoms with E-state index in [0.717, 1.165) is 43.6 Å². The van der Waals surface area contributed by atoms with E-state index in [1.807, 2.05) is 12.1 Å². The van der Waals surface area contributed by atoms with Crippen molar-refractivity contribution in [1.29, 1.82) is 0 Å². The molecule has 5 heterocycles. The van der Waals surface area contributed by atoms with Gasteiger partial charge in [-0.2, -0.15) is 4.98 Å². The van der Waals surface area contributed by atoms with E-state index in [4.69, 9.17) is 16.3 Å². The number of hydrogen-bond acceptors (Lipinski definition) is 7. The maximum absolute atomic E-state index is 14.9. The third-order valence-corrected chi connectivity index (χ3v) is 7.35. The van der Waals surface area contributed by atoms with E-state index in [0.29, 0.717) is 16.7 Å². The molecule has 1 aromatic carbocycles. The molecule has 0 aliphatic carbocycles. The number of aryl methyl sites for hydroxylation is 2. The lowest BCUT2D eigenvalue weighted by Crippen LogP contribution is -2.43. The molecule has 45 heavy (non-hydrogen) atoms. The van der Waals surface area contributed by atoms with Gasteiger partial charge in [0.1, 0.15) is 28.8 Å². The molecular weight excluding hydrogens is 612 g/mol. The number of anilines is 3. The minimum absolute atomic E-state index is 0.00985. The third-order valence-electron chi connectivity index (χ3n) is 7.01. The molecule has 6 rings (SSSR count). The molecule has 1 aliphatic rings. The van der Waals surface area contributed by atoms with Gasteiger partial charge in [0.25, 0.3) is 0 Å². The third kappa shape index (κ3) is 7.21. The standard InChI is InChI=1S/C22H20ClF2N7O.C9H11F2N/c1-12-8-14-19(25)16(9-15(24)20(14)30-12)33-22-18(23)21(28-11-29-22)31-17-3-2-13(10-27-17)32-6-4-26-5-7-32;1-5-4-8(6(2)10)9(12-5)7(3)11/h2-3,8-11,26,30H,4-7H2,1H3,(H,27,28,29,31);4,12H,1-3H3/b;8-6+,9-7-. The smallest absolute Gasteiger partial charge is 0.243 e. The van der Waals surface area contributed by atoms with Crippen LogP contribution < -0.4 is 30.8 Å². The quantitative estimate of drug-likeness (QED) is 0.173. The fraction of sp³-hybridized carbons (Fsp3) is 0.258. The van der Waals surface area contributed by atoms with Crippen molar-refractivity contribution in [3.63, 3.8) is 0 Å². The molecule has 1 aliphatic heterocycles. The summed E-state index contributed by atoms with van der Waals surface area (Å²) in [4.78, 5) is 20.3. The predicted octanol–water partition coefficient (Wildman–Crippen LogP) is 6.06. The molecule has 1 saturated heterocycles. The molecule has 236 valence electrons. The summed E-state index contributed by atoms with van der Waals surface area (Å²) < 4.78 is 60.4. The van der Waals surface area contributed by atoms with E-state index in [1.54, 1.807) is 26.1 Å². The number of halogens is 5. The van der Waals surface area contributed by atoms with Crippen molar-refractivity contribution >= 4 is 51.5 Å². The Balaban J connectivity index is 0.000000282. The van der Waals surface area contributed by atoms with Gasteiger partial charge in [-0.15, -0.1) is 0 Å². The summed E-state index contributed by atoms with van der Waals surface area (Å²) in [7, 11) is 0. The van der Waals surface area contributed by atoms with Crippen molar-refractivity contribution in [3.8, 4) is 11.6 Å². The van der Waals surface area contributed by atoms with Crippen LogP contribution in [0.25, 0.3) is 22.6 Å². The maximum Gasteiger partial charge on any atom is 0.243 e. The molecule has 0 bridgehead atoms. The van der Waals surface area contributed by atoms with Gasteiger partial charge in [0.05, 0.1) is 22.8 Å². The zero-order chi connectivity index (χ0) is 32.2. The number of aromatic nitrogens is 5. The SMILES string of the molecule is C/C(F)=c1/[nH]c(C)c/c1=C(/C)F.Cc1cc2c(F)c(Oc3ncnc(Nc4ccc(N5CCNCC5)cn4)c3Cl)cc(F)c2[nH]1. The molecule has 5 aromatic rings. The van der Waals surface area contributed by atoms with Gasteiger partial charge < -0.3 is 30.2 Å². The van der Waals surface area contributed by atoms with Gasteiger partial charge in [-0.1, -0.05) is 11.6 Å². The van der Waals surface area contributed by atoms with Crippen molar-refractivity contribution in [2.45, 2.75) is 27.7 Å². The Hall–Kier alpha value is -4.62. The van der Waals surface area contributed by atoms with Crippen molar-refractivity contribution in [1.82, 2.24) is 30.2 Å². The molecule has 0 atom stereocenters. The van der Waals surface area contributed by atoms with Gasteiger partial charge in [-0.05, 0) is 52.0 Å². The number of fused-ring (bicyclic) bond motifs is 1. The average molecular weight is 643 g/mol. The van der Waals surface area contributed by atoms with E-state index in [-0.39, 0.29) is 44.5 Å². The van der Waals surface area contributed by atoms with Crippen LogP contribution in [0.2, 0.25) is 5.02 Å². The first-order valence-electron chi connectivity index (χ1n) is 14.0. The molecule has 0 unspecified atom stereocenters. The topological polar surface area (TPSA) is 107 Å². The highest BCUT2D eigenvalue weighted by Gasteiger charge is 2.19. The van der Waals surface area contributed by atoms with Gasteiger partial charge >= 0.3 is 0 Å². The highest BCUT2D eigenvalue weighted by Crippen LogP contribution is 2.36. The molecule has 1 fully saturated rings. The number of aromatic amines is 2. The lowest BCUT2D eigenvalue weighted by molar-refractivity contribution is 0.426. The Labute approximate surface area is 261 Å². The van der Waals surface area contributed by atoms with Crippen LogP contribution in [0.5, 0.6) is 11.6 Å². The number of hydrogen-bond donors (Lipinski definition) is 4. The monoisotopic (exact) mass is 642 g/mol. The highest BCUT2D eigenvalue weighted by molar-refractivity contribution is 6.34. The van der Waals surface area contributed by atoms with Crippen molar-refractivity contribution in [2.24, 2.45) is 0 Å². The van der Waals surface area contributed by atoms with Crippen LogP contribution in [-0.4, -0.2) is 51.1 Å². The first-order valence-corrected chi connectivity index (χ1v) is 14.4. The summed E-state index contributed by atoms with van der Waals surface area (Å²) in [6, 6.07) is 7.82. The highest BCUT2D eigenvalue weighted by atomic mass is 35.5. The van der Waals surface area contributed by atoms with Gasteiger partial charge in [-0.25, -0.2) is 27.5 Å². The summed E-state index contributed by atoms with van der Waals surface area (Å²) in [6.07, 6.45) is 2.98. The zero-order valence-corrected chi connectivity index (χ0v) is 25.7. The summed E-state index contributed by atoms with van der Waals surface area (Å²) in [5.41, 5.74) is 2.48.